The number of carboxylic acid groups (broad SMARTS) is 1. The molecule has 0 fully saturated rings. The monoisotopic (exact) mass is 401 g/mol. The largest absolute Gasteiger partial charge is 0.494 e. The van der Waals surface area contributed by atoms with Gasteiger partial charge in [0.2, 0.25) is 0 Å². The van der Waals surface area contributed by atoms with Crippen molar-refractivity contribution in [2.75, 3.05) is 18.1 Å². The lowest BCUT2D eigenvalue weighted by molar-refractivity contribution is -0.389. The highest BCUT2D eigenvalue weighted by atomic mass is 16.6. The van der Waals surface area contributed by atoms with E-state index in [4.69, 9.17) is 14.6 Å². The van der Waals surface area contributed by atoms with Crippen LogP contribution in [0.25, 0.3) is 0 Å². The van der Waals surface area contributed by atoms with Crippen LogP contribution in [-0.2, 0) is 4.79 Å². The summed E-state index contributed by atoms with van der Waals surface area (Å²) in [5, 5.41) is 19.9. The van der Waals surface area contributed by atoms with Crippen LogP contribution < -0.4 is 14.4 Å². The summed E-state index contributed by atoms with van der Waals surface area (Å²) in [5.41, 5.74) is 0.158. The van der Waals surface area contributed by atoms with E-state index in [1.807, 2.05) is 6.92 Å². The van der Waals surface area contributed by atoms with Gasteiger partial charge in [0, 0.05) is 12.6 Å². The number of hydrogen-bond donors (Lipinski definition) is 1. The van der Waals surface area contributed by atoms with E-state index >= 15 is 0 Å². The highest BCUT2D eigenvalue weighted by molar-refractivity contribution is 5.99. The number of nitrogens with zero attached hydrogens (tertiary/aromatic N) is 3. The second-order valence-electron chi connectivity index (χ2n) is 6.28. The van der Waals surface area contributed by atoms with Gasteiger partial charge in [0.05, 0.1) is 12.2 Å². The minimum atomic E-state index is -1.02. The average molecular weight is 401 g/mol. The van der Waals surface area contributed by atoms with Gasteiger partial charge in [-0.3, -0.25) is 9.69 Å². The molecule has 2 heterocycles. The number of carboxylic acids is 1. The zero-order chi connectivity index (χ0) is 21.0. The Hall–Kier alpha value is -3.69. The van der Waals surface area contributed by atoms with Gasteiger partial charge < -0.3 is 24.7 Å². The zero-order valence-electron chi connectivity index (χ0n) is 15.6. The molecule has 0 spiro atoms. The molecule has 3 rings (SSSR count). The van der Waals surface area contributed by atoms with Crippen LogP contribution in [0.1, 0.15) is 30.1 Å². The summed E-state index contributed by atoms with van der Waals surface area (Å²) in [6.45, 7) is 2.32. The van der Waals surface area contributed by atoms with Gasteiger partial charge in [-0.15, -0.1) is 0 Å². The first-order valence-electron chi connectivity index (χ1n) is 9.00. The number of carbonyl (C=O) groups excluding carboxylic acids is 1. The maximum Gasteiger partial charge on any atom is 0.366 e. The van der Waals surface area contributed by atoms with Crippen molar-refractivity contribution in [3.63, 3.8) is 0 Å². The number of carbonyl (C=O) groups is 2. The molecular formula is C19H19N3O7. The first-order valence-corrected chi connectivity index (χ1v) is 9.00. The standard InChI is InChI=1S/C19H19N3O7/c1-2-14-18(23)21(17-15(29-14)8-9-16(20-17)22(26)27)10-3-11-28-13-6-4-12(5-7-13)19(24)25/h4-9,14H,2-3,10-11H2,1H3,(H,24,25). The van der Waals surface area contributed by atoms with Crippen LogP contribution in [0.4, 0.5) is 11.6 Å². The second kappa shape index (κ2) is 8.55. The van der Waals surface area contributed by atoms with Gasteiger partial charge in [0.15, 0.2) is 11.9 Å². The maximum atomic E-state index is 12.7. The van der Waals surface area contributed by atoms with Crippen LogP contribution in [0.2, 0.25) is 0 Å². The predicted octanol–water partition coefficient (Wildman–Crippen LogP) is 2.66. The summed E-state index contributed by atoms with van der Waals surface area (Å²) in [7, 11) is 0. The molecule has 1 amide bonds. The lowest BCUT2D eigenvalue weighted by Crippen LogP contribution is -2.46. The van der Waals surface area contributed by atoms with Gasteiger partial charge in [-0.1, -0.05) is 6.92 Å². The van der Waals surface area contributed by atoms with Gasteiger partial charge in [0.25, 0.3) is 11.7 Å². The summed E-state index contributed by atoms with van der Waals surface area (Å²) < 4.78 is 11.2. The topological polar surface area (TPSA) is 132 Å². The Bertz CT molecular complexity index is 930. The lowest BCUT2D eigenvalue weighted by atomic mass is 10.2. The van der Waals surface area contributed by atoms with Gasteiger partial charge in [-0.25, -0.2) is 4.79 Å². The number of ether oxygens (including phenoxy) is 2. The molecule has 1 aromatic carbocycles. The number of benzene rings is 1. The Kier molecular flexibility index (Phi) is 5.91. The molecule has 1 aliphatic rings. The van der Waals surface area contributed by atoms with Crippen LogP contribution in [0.3, 0.4) is 0 Å². The molecule has 1 aliphatic heterocycles. The van der Waals surface area contributed by atoms with Crippen molar-refractivity contribution in [2.45, 2.75) is 25.9 Å². The molecular weight excluding hydrogens is 382 g/mol. The highest BCUT2D eigenvalue weighted by Gasteiger charge is 2.37. The summed E-state index contributed by atoms with van der Waals surface area (Å²) in [5.74, 6) is -0.738. The molecule has 29 heavy (non-hydrogen) atoms. The molecule has 0 radical (unpaired) electrons. The number of nitro groups is 1. The van der Waals surface area contributed by atoms with Crippen molar-refractivity contribution in [3.8, 4) is 11.5 Å². The number of pyridine rings is 1. The number of fused-ring (bicyclic) bond motifs is 1. The lowest BCUT2D eigenvalue weighted by Gasteiger charge is -2.30. The normalized spacial score (nSPS) is 15.4. The summed E-state index contributed by atoms with van der Waals surface area (Å²) in [6.07, 6.45) is 0.223. The van der Waals surface area contributed by atoms with Crippen molar-refractivity contribution in [1.82, 2.24) is 4.98 Å². The molecule has 1 unspecified atom stereocenters. The van der Waals surface area contributed by atoms with Crippen molar-refractivity contribution in [1.29, 1.82) is 0 Å². The Morgan fingerprint density at radius 2 is 2.03 bits per heavy atom. The molecule has 0 bridgehead atoms. The van der Waals surface area contributed by atoms with E-state index in [1.165, 1.54) is 29.2 Å². The average Bonchev–Trinajstić information content (AvgIpc) is 2.72. The van der Waals surface area contributed by atoms with Crippen LogP contribution in [0.15, 0.2) is 36.4 Å². The number of amides is 1. The SMILES string of the molecule is CCC1Oc2ccc([N+](=O)[O-])nc2N(CCCOc2ccc(C(=O)O)cc2)C1=O. The van der Waals surface area contributed by atoms with Crippen LogP contribution >= 0.6 is 0 Å². The Morgan fingerprint density at radius 3 is 2.66 bits per heavy atom. The third-order valence-electron chi connectivity index (χ3n) is 4.34. The van der Waals surface area contributed by atoms with Crippen molar-refractivity contribution < 1.29 is 29.1 Å². The van der Waals surface area contributed by atoms with E-state index in [0.29, 0.717) is 24.3 Å². The second-order valence-corrected chi connectivity index (χ2v) is 6.28. The van der Waals surface area contributed by atoms with E-state index in [1.54, 1.807) is 12.1 Å². The molecule has 2 aromatic rings. The summed E-state index contributed by atoms with van der Waals surface area (Å²) >= 11 is 0. The maximum absolute atomic E-state index is 12.7. The molecule has 10 nitrogen and oxygen atoms in total. The summed E-state index contributed by atoms with van der Waals surface area (Å²) in [4.78, 5) is 39.3. The van der Waals surface area contributed by atoms with E-state index in [9.17, 15) is 19.7 Å². The van der Waals surface area contributed by atoms with Crippen LogP contribution in [-0.4, -0.2) is 46.1 Å². The van der Waals surface area contributed by atoms with Gasteiger partial charge in [-0.2, -0.15) is 0 Å². The van der Waals surface area contributed by atoms with Crippen molar-refractivity contribution >= 4 is 23.5 Å². The van der Waals surface area contributed by atoms with E-state index < -0.39 is 17.0 Å². The first kappa shape index (κ1) is 20.1. The third kappa shape index (κ3) is 4.42. The molecule has 0 saturated heterocycles. The minimum absolute atomic E-state index is 0.125. The van der Waals surface area contributed by atoms with Crippen LogP contribution in [0, 0.1) is 10.1 Å². The Morgan fingerprint density at radius 1 is 1.31 bits per heavy atom. The smallest absolute Gasteiger partial charge is 0.366 e. The fourth-order valence-corrected chi connectivity index (χ4v) is 2.87. The highest BCUT2D eigenvalue weighted by Crippen LogP contribution is 2.34. The third-order valence-corrected chi connectivity index (χ3v) is 4.34. The Labute approximate surface area is 165 Å². The quantitative estimate of drug-likeness (QED) is 0.406. The number of aromatic carboxylic acids is 1. The zero-order valence-corrected chi connectivity index (χ0v) is 15.6. The van der Waals surface area contributed by atoms with Gasteiger partial charge in [-0.05, 0) is 53.1 Å². The van der Waals surface area contributed by atoms with Gasteiger partial charge >= 0.3 is 11.8 Å². The molecule has 1 N–H and O–H groups in total. The Balaban J connectivity index is 1.67. The fourth-order valence-electron chi connectivity index (χ4n) is 2.87. The molecule has 0 saturated carbocycles. The van der Waals surface area contributed by atoms with Gasteiger partial charge in [0.1, 0.15) is 5.75 Å². The molecule has 10 heteroatoms. The number of aromatic nitrogens is 1. The van der Waals surface area contributed by atoms with E-state index in [-0.39, 0.29) is 36.3 Å². The van der Waals surface area contributed by atoms with Crippen molar-refractivity contribution in [3.05, 3.63) is 52.1 Å². The number of hydrogen-bond acceptors (Lipinski definition) is 7. The number of rotatable bonds is 8. The molecule has 1 aromatic heterocycles. The van der Waals surface area contributed by atoms with E-state index in [2.05, 4.69) is 4.98 Å². The predicted molar refractivity (Wildman–Crippen MR) is 101 cm³/mol. The summed E-state index contributed by atoms with van der Waals surface area (Å²) in [6, 6.07) is 8.67. The van der Waals surface area contributed by atoms with E-state index in [0.717, 1.165) is 0 Å². The fraction of sp³-hybridized carbons (Fsp3) is 0.316. The van der Waals surface area contributed by atoms with Crippen LogP contribution in [0.5, 0.6) is 11.5 Å². The van der Waals surface area contributed by atoms with Crippen molar-refractivity contribution in [2.24, 2.45) is 0 Å². The molecule has 0 aliphatic carbocycles. The minimum Gasteiger partial charge on any atom is -0.494 e. The number of anilines is 1. The first-order chi connectivity index (χ1) is 13.9. The molecule has 1 atom stereocenters. The molecule has 152 valence electrons.